The molecular formula is C9H5F2NO3. The Morgan fingerprint density at radius 3 is 2.87 bits per heavy atom. The number of hydrogen-bond donors (Lipinski definition) is 1. The molecule has 0 aliphatic rings. The van der Waals surface area contributed by atoms with Crippen LogP contribution in [0.2, 0.25) is 0 Å². The molecule has 0 fully saturated rings. The van der Waals surface area contributed by atoms with Crippen LogP contribution in [0.5, 0.6) is 0 Å². The lowest BCUT2D eigenvalue weighted by atomic mass is 10.2. The molecule has 2 aromatic heterocycles. The molecule has 0 bridgehead atoms. The Morgan fingerprint density at radius 1 is 1.53 bits per heavy atom. The summed E-state index contributed by atoms with van der Waals surface area (Å²) in [6.45, 7) is 0. The summed E-state index contributed by atoms with van der Waals surface area (Å²) in [6, 6.07) is 2.23. The molecule has 0 saturated carbocycles. The van der Waals surface area contributed by atoms with Gasteiger partial charge in [-0.15, -0.1) is 0 Å². The third kappa shape index (κ3) is 1.54. The van der Waals surface area contributed by atoms with E-state index in [0.717, 1.165) is 6.07 Å². The predicted molar refractivity (Wildman–Crippen MR) is 45.9 cm³/mol. The maximum absolute atomic E-state index is 12.3. The second-order valence-corrected chi connectivity index (χ2v) is 2.83. The average molecular weight is 213 g/mol. The molecule has 0 atom stereocenters. The quantitative estimate of drug-likeness (QED) is 0.832. The number of rotatable bonds is 2. The van der Waals surface area contributed by atoms with Crippen LogP contribution in [0.25, 0.3) is 11.1 Å². The molecule has 2 rings (SSSR count). The zero-order valence-electron chi connectivity index (χ0n) is 7.28. The van der Waals surface area contributed by atoms with E-state index < -0.39 is 18.2 Å². The van der Waals surface area contributed by atoms with Gasteiger partial charge < -0.3 is 9.52 Å². The van der Waals surface area contributed by atoms with Gasteiger partial charge in [-0.25, -0.2) is 13.6 Å². The van der Waals surface area contributed by atoms with Crippen molar-refractivity contribution in [1.82, 2.24) is 4.98 Å². The van der Waals surface area contributed by atoms with Crippen LogP contribution >= 0.6 is 0 Å². The van der Waals surface area contributed by atoms with E-state index in [-0.39, 0.29) is 16.7 Å². The first-order valence-electron chi connectivity index (χ1n) is 3.99. The Labute approximate surface area is 82.1 Å². The van der Waals surface area contributed by atoms with Crippen LogP contribution < -0.4 is 0 Å². The van der Waals surface area contributed by atoms with Gasteiger partial charge in [0.05, 0.1) is 0 Å². The summed E-state index contributed by atoms with van der Waals surface area (Å²) in [4.78, 5) is 14.5. The minimum Gasteiger partial charge on any atom is -0.478 e. The maximum atomic E-state index is 12.3. The Balaban J connectivity index is 2.70. The minimum absolute atomic E-state index is 0.116. The van der Waals surface area contributed by atoms with Crippen molar-refractivity contribution in [3.63, 3.8) is 0 Å². The Kier molecular flexibility index (Phi) is 2.11. The average Bonchev–Trinajstić information content (AvgIpc) is 2.60. The first kappa shape index (κ1) is 9.57. The smallest absolute Gasteiger partial charge is 0.339 e. The third-order valence-corrected chi connectivity index (χ3v) is 1.88. The van der Waals surface area contributed by atoms with E-state index in [1.165, 1.54) is 12.3 Å². The zero-order valence-corrected chi connectivity index (χ0v) is 7.28. The molecule has 4 nitrogen and oxygen atoms in total. The second kappa shape index (κ2) is 3.30. The fourth-order valence-electron chi connectivity index (χ4n) is 1.23. The number of aromatic carboxylic acids is 1. The largest absolute Gasteiger partial charge is 0.478 e. The summed E-state index contributed by atoms with van der Waals surface area (Å²) in [7, 11) is 0. The van der Waals surface area contributed by atoms with E-state index in [0.29, 0.717) is 0 Å². The van der Waals surface area contributed by atoms with Crippen molar-refractivity contribution in [3.8, 4) is 0 Å². The highest BCUT2D eigenvalue weighted by Crippen LogP contribution is 2.27. The molecule has 6 heteroatoms. The van der Waals surface area contributed by atoms with Crippen molar-refractivity contribution >= 4 is 17.1 Å². The van der Waals surface area contributed by atoms with Gasteiger partial charge in [0.25, 0.3) is 6.43 Å². The fourth-order valence-corrected chi connectivity index (χ4v) is 1.23. The Hall–Kier alpha value is -1.98. The first-order chi connectivity index (χ1) is 7.09. The van der Waals surface area contributed by atoms with Gasteiger partial charge >= 0.3 is 5.97 Å². The van der Waals surface area contributed by atoms with Crippen molar-refractivity contribution in [1.29, 1.82) is 0 Å². The van der Waals surface area contributed by atoms with Crippen molar-refractivity contribution in [2.45, 2.75) is 6.43 Å². The van der Waals surface area contributed by atoms with Crippen molar-refractivity contribution in [3.05, 3.63) is 29.7 Å². The second-order valence-electron chi connectivity index (χ2n) is 2.83. The zero-order chi connectivity index (χ0) is 11.0. The normalized spacial score (nSPS) is 11.1. The summed E-state index contributed by atoms with van der Waals surface area (Å²) in [5.41, 5.74) is -0.183. The number of nitrogens with zero attached hydrogens (tertiary/aromatic N) is 1. The van der Waals surface area contributed by atoms with Crippen molar-refractivity contribution < 1.29 is 23.1 Å². The third-order valence-electron chi connectivity index (χ3n) is 1.88. The summed E-state index contributed by atoms with van der Waals surface area (Å²) < 4.78 is 29.3. The van der Waals surface area contributed by atoms with Gasteiger partial charge in [-0.3, -0.25) is 4.98 Å². The summed E-state index contributed by atoms with van der Waals surface area (Å²) in [5, 5.41) is 8.76. The number of hydrogen-bond acceptors (Lipinski definition) is 3. The molecule has 0 amide bonds. The van der Waals surface area contributed by atoms with Crippen LogP contribution in [0.4, 0.5) is 8.78 Å². The molecule has 0 aliphatic carbocycles. The molecular weight excluding hydrogens is 208 g/mol. The van der Waals surface area contributed by atoms with Crippen LogP contribution in [0, 0.1) is 0 Å². The number of furan rings is 1. The number of carbonyl (C=O) groups is 1. The van der Waals surface area contributed by atoms with Gasteiger partial charge in [0.15, 0.2) is 11.3 Å². The maximum Gasteiger partial charge on any atom is 0.339 e. The molecule has 0 aliphatic heterocycles. The van der Waals surface area contributed by atoms with Gasteiger partial charge in [0.1, 0.15) is 11.1 Å². The topological polar surface area (TPSA) is 63.3 Å². The minimum atomic E-state index is -2.78. The van der Waals surface area contributed by atoms with E-state index in [9.17, 15) is 13.6 Å². The first-order valence-corrected chi connectivity index (χ1v) is 3.99. The SMILES string of the molecule is O=C(O)c1ccnc2cc(C(F)F)oc12. The number of halogens is 2. The van der Waals surface area contributed by atoms with Crippen LogP contribution in [0.15, 0.2) is 22.7 Å². The predicted octanol–water partition coefficient (Wildman–Crippen LogP) is 2.46. The Bertz CT molecular complexity index is 521. The molecule has 0 radical (unpaired) electrons. The van der Waals surface area contributed by atoms with E-state index in [2.05, 4.69) is 4.98 Å². The highest BCUT2D eigenvalue weighted by atomic mass is 19.3. The number of alkyl halides is 2. The van der Waals surface area contributed by atoms with E-state index in [1.54, 1.807) is 0 Å². The van der Waals surface area contributed by atoms with Crippen LogP contribution in [0.1, 0.15) is 22.5 Å². The lowest BCUT2D eigenvalue weighted by Gasteiger charge is -1.94. The van der Waals surface area contributed by atoms with Crippen molar-refractivity contribution in [2.24, 2.45) is 0 Å². The van der Waals surface area contributed by atoms with Crippen molar-refractivity contribution in [2.75, 3.05) is 0 Å². The molecule has 0 spiro atoms. The lowest BCUT2D eigenvalue weighted by molar-refractivity contribution is 0.0696. The number of carboxylic acid groups (broad SMARTS) is 1. The van der Waals surface area contributed by atoms with Crippen LogP contribution in [0.3, 0.4) is 0 Å². The van der Waals surface area contributed by atoms with Gasteiger partial charge in [-0.2, -0.15) is 0 Å². The summed E-state index contributed by atoms with van der Waals surface area (Å²) in [6.07, 6.45) is -1.54. The number of pyridine rings is 1. The summed E-state index contributed by atoms with van der Waals surface area (Å²) >= 11 is 0. The van der Waals surface area contributed by atoms with E-state index in [1.807, 2.05) is 0 Å². The standard InChI is InChI=1S/C9H5F2NO3/c10-8(11)6-3-5-7(15-6)4(9(13)14)1-2-12-5/h1-3,8H,(H,13,14). The fraction of sp³-hybridized carbons (Fsp3) is 0.111. The van der Waals surface area contributed by atoms with Crippen LogP contribution in [-0.2, 0) is 0 Å². The molecule has 2 aromatic rings. The lowest BCUT2D eigenvalue weighted by Crippen LogP contribution is -1.96. The van der Waals surface area contributed by atoms with Gasteiger partial charge in [0.2, 0.25) is 0 Å². The van der Waals surface area contributed by atoms with E-state index in [4.69, 9.17) is 9.52 Å². The summed E-state index contributed by atoms with van der Waals surface area (Å²) in [5.74, 6) is -1.82. The van der Waals surface area contributed by atoms with Gasteiger partial charge in [-0.1, -0.05) is 0 Å². The van der Waals surface area contributed by atoms with Gasteiger partial charge in [-0.05, 0) is 6.07 Å². The number of aromatic nitrogens is 1. The molecule has 2 heterocycles. The highest BCUT2D eigenvalue weighted by molar-refractivity contribution is 5.99. The molecule has 0 saturated heterocycles. The molecule has 0 unspecified atom stereocenters. The van der Waals surface area contributed by atoms with Gasteiger partial charge in [0, 0.05) is 12.3 Å². The molecule has 15 heavy (non-hydrogen) atoms. The molecule has 78 valence electrons. The molecule has 0 aromatic carbocycles. The molecule has 1 N–H and O–H groups in total. The monoisotopic (exact) mass is 213 g/mol. The van der Waals surface area contributed by atoms with Crippen LogP contribution in [-0.4, -0.2) is 16.1 Å². The highest BCUT2D eigenvalue weighted by Gasteiger charge is 2.18. The van der Waals surface area contributed by atoms with E-state index >= 15 is 0 Å². The Morgan fingerprint density at radius 2 is 2.27 bits per heavy atom. The number of fused-ring (bicyclic) bond motifs is 1. The number of carboxylic acids is 1.